The molecule has 0 aliphatic carbocycles. The van der Waals surface area contributed by atoms with E-state index in [1.807, 2.05) is 13.8 Å². The summed E-state index contributed by atoms with van der Waals surface area (Å²) in [5, 5.41) is 5.77. The van der Waals surface area contributed by atoms with Crippen molar-refractivity contribution in [2.24, 2.45) is 10.9 Å². The fourth-order valence-electron chi connectivity index (χ4n) is 3.09. The molecular weight excluding hydrogens is 440 g/mol. The molecule has 1 aliphatic heterocycles. The third-order valence-electron chi connectivity index (χ3n) is 4.66. The maximum absolute atomic E-state index is 12.7. The summed E-state index contributed by atoms with van der Waals surface area (Å²) in [4.78, 5) is 29.4. The van der Waals surface area contributed by atoms with Crippen LogP contribution in [0, 0.1) is 5.92 Å². The molecule has 10 heteroatoms. The number of halogens is 1. The lowest BCUT2D eigenvalue weighted by Gasteiger charge is -2.17. The topological polar surface area (TPSA) is 117 Å². The van der Waals surface area contributed by atoms with Crippen LogP contribution in [0.25, 0.3) is 0 Å². The number of carbonyl (C=O) groups is 2. The van der Waals surface area contributed by atoms with Crippen molar-refractivity contribution >= 4 is 39.3 Å². The van der Waals surface area contributed by atoms with E-state index in [0.717, 1.165) is 0 Å². The highest BCUT2D eigenvalue weighted by Crippen LogP contribution is 2.23. The second kappa shape index (κ2) is 9.49. The van der Waals surface area contributed by atoms with E-state index in [0.29, 0.717) is 16.1 Å². The maximum atomic E-state index is 12.7. The zero-order chi connectivity index (χ0) is 22.6. The maximum Gasteiger partial charge on any atom is 0.263 e. The van der Waals surface area contributed by atoms with Crippen LogP contribution in [0.1, 0.15) is 29.8 Å². The predicted octanol–water partition coefficient (Wildman–Crippen LogP) is 1.95. The monoisotopic (exact) mass is 462 g/mol. The molecule has 8 nitrogen and oxygen atoms in total. The summed E-state index contributed by atoms with van der Waals surface area (Å²) in [6.07, 6.45) is 0. The average molecular weight is 463 g/mol. The summed E-state index contributed by atoms with van der Waals surface area (Å²) in [6, 6.07) is 12.4. The molecule has 0 saturated carbocycles. The van der Waals surface area contributed by atoms with E-state index in [-0.39, 0.29) is 41.6 Å². The number of hydrogen-bond acceptors (Lipinski definition) is 5. The second-order valence-electron chi connectivity index (χ2n) is 7.29. The lowest BCUT2D eigenvalue weighted by atomic mass is 10.0. The van der Waals surface area contributed by atoms with Crippen molar-refractivity contribution in [1.29, 1.82) is 0 Å². The normalized spacial score (nSPS) is 16.5. The summed E-state index contributed by atoms with van der Waals surface area (Å²) in [5.41, 5.74) is 0.794. The van der Waals surface area contributed by atoms with E-state index in [2.05, 4.69) is 20.3 Å². The number of sulfonamides is 1. The van der Waals surface area contributed by atoms with Gasteiger partial charge in [0.25, 0.3) is 15.9 Å². The first-order valence-corrected chi connectivity index (χ1v) is 11.6. The number of fused-ring (bicyclic) bond motifs is 1. The fraction of sp³-hybridized carbons (Fsp3) is 0.286. The quantitative estimate of drug-likeness (QED) is 0.545. The third kappa shape index (κ3) is 5.23. The Morgan fingerprint density at radius 3 is 2.39 bits per heavy atom. The van der Waals surface area contributed by atoms with Crippen LogP contribution in [0.3, 0.4) is 0 Å². The van der Waals surface area contributed by atoms with Crippen molar-refractivity contribution in [2.75, 3.05) is 13.1 Å². The highest BCUT2D eigenvalue weighted by atomic mass is 35.5. The van der Waals surface area contributed by atoms with Gasteiger partial charge in [0.1, 0.15) is 11.9 Å². The van der Waals surface area contributed by atoms with Crippen molar-refractivity contribution in [1.82, 2.24) is 15.4 Å². The Kier molecular flexibility index (Phi) is 6.97. The van der Waals surface area contributed by atoms with Crippen LogP contribution in [0.15, 0.2) is 58.4 Å². The molecule has 2 aromatic rings. The van der Waals surface area contributed by atoms with Gasteiger partial charge >= 0.3 is 0 Å². The van der Waals surface area contributed by atoms with E-state index in [1.165, 1.54) is 6.07 Å². The molecular formula is C21H23ClN4O4S. The number of amidine groups is 1. The molecule has 0 spiro atoms. The summed E-state index contributed by atoms with van der Waals surface area (Å²) < 4.78 is 26.9. The van der Waals surface area contributed by atoms with Gasteiger partial charge in [-0.15, -0.1) is 0 Å². The number of rotatable bonds is 7. The molecule has 0 bridgehead atoms. The second-order valence-corrected chi connectivity index (χ2v) is 9.35. The lowest BCUT2D eigenvalue weighted by Crippen LogP contribution is -2.42. The molecule has 0 radical (unpaired) electrons. The highest BCUT2D eigenvalue weighted by molar-refractivity contribution is 7.90. The average Bonchev–Trinajstić information content (AvgIpc) is 2.99. The van der Waals surface area contributed by atoms with Gasteiger partial charge in [-0.2, -0.15) is 0 Å². The SMILES string of the molecule is CC(C)[C@H](N=C1NS(=O)(=O)c2ccccc21)C(=O)NCCNC(=O)c1ccccc1Cl. The largest absolute Gasteiger partial charge is 0.352 e. The molecule has 3 rings (SSSR count). The van der Waals surface area contributed by atoms with Gasteiger partial charge < -0.3 is 10.6 Å². The van der Waals surface area contributed by atoms with Crippen LogP contribution in [-0.4, -0.2) is 45.2 Å². The Balaban J connectivity index is 1.63. The number of hydrogen-bond donors (Lipinski definition) is 3. The Morgan fingerprint density at radius 2 is 1.68 bits per heavy atom. The van der Waals surface area contributed by atoms with Crippen molar-refractivity contribution in [3.8, 4) is 0 Å². The minimum absolute atomic E-state index is 0.138. The van der Waals surface area contributed by atoms with E-state index in [4.69, 9.17) is 11.6 Å². The Bertz CT molecular complexity index is 1130. The minimum Gasteiger partial charge on any atom is -0.352 e. The minimum atomic E-state index is -3.68. The van der Waals surface area contributed by atoms with Gasteiger partial charge in [-0.1, -0.05) is 49.7 Å². The smallest absolute Gasteiger partial charge is 0.263 e. The molecule has 164 valence electrons. The van der Waals surface area contributed by atoms with Crippen molar-refractivity contribution in [2.45, 2.75) is 24.8 Å². The van der Waals surface area contributed by atoms with Crippen LogP contribution < -0.4 is 15.4 Å². The van der Waals surface area contributed by atoms with Crippen LogP contribution in [0.2, 0.25) is 5.02 Å². The molecule has 1 atom stereocenters. The van der Waals surface area contributed by atoms with E-state index >= 15 is 0 Å². The number of nitrogens with one attached hydrogen (secondary N) is 3. The van der Waals surface area contributed by atoms with Crippen molar-refractivity contribution in [3.63, 3.8) is 0 Å². The molecule has 1 aliphatic rings. The number of nitrogens with zero attached hydrogens (tertiary/aromatic N) is 1. The van der Waals surface area contributed by atoms with E-state index in [9.17, 15) is 18.0 Å². The van der Waals surface area contributed by atoms with Gasteiger partial charge in [0, 0.05) is 18.7 Å². The van der Waals surface area contributed by atoms with E-state index < -0.39 is 16.1 Å². The Morgan fingerprint density at radius 1 is 1.03 bits per heavy atom. The first-order chi connectivity index (χ1) is 14.7. The van der Waals surface area contributed by atoms with Crippen LogP contribution in [0.4, 0.5) is 0 Å². The first kappa shape index (κ1) is 22.8. The molecule has 1 heterocycles. The van der Waals surface area contributed by atoms with Crippen LogP contribution in [-0.2, 0) is 14.8 Å². The summed E-state index contributed by atoms with van der Waals surface area (Å²) >= 11 is 6.00. The fourth-order valence-corrected chi connectivity index (χ4v) is 4.55. The number of carbonyl (C=O) groups excluding carboxylic acids is 2. The first-order valence-electron chi connectivity index (χ1n) is 9.71. The van der Waals surface area contributed by atoms with Crippen molar-refractivity contribution in [3.05, 3.63) is 64.7 Å². The Hall–Kier alpha value is -2.91. The molecule has 0 aromatic heterocycles. The zero-order valence-electron chi connectivity index (χ0n) is 17.1. The standard InChI is InChI=1S/C21H23ClN4O4S/c1-13(2)18(25-19-15-8-4-6-10-17(15)31(29,30)26-19)21(28)24-12-11-23-20(27)14-7-3-5-9-16(14)22/h3-10,13,18H,11-12H2,1-2H3,(H,23,27)(H,24,28)(H,25,26)/t18-/m0/s1. The molecule has 2 amide bonds. The predicted molar refractivity (Wildman–Crippen MR) is 119 cm³/mol. The third-order valence-corrected chi connectivity index (χ3v) is 6.39. The molecule has 0 fully saturated rings. The van der Waals surface area contributed by atoms with Crippen LogP contribution >= 0.6 is 11.6 Å². The molecule has 2 aromatic carbocycles. The Labute approximate surface area is 186 Å². The highest BCUT2D eigenvalue weighted by Gasteiger charge is 2.32. The lowest BCUT2D eigenvalue weighted by molar-refractivity contribution is -0.123. The number of benzene rings is 2. The van der Waals surface area contributed by atoms with Gasteiger partial charge in [0.15, 0.2) is 0 Å². The molecule has 0 saturated heterocycles. The van der Waals surface area contributed by atoms with E-state index in [1.54, 1.807) is 42.5 Å². The van der Waals surface area contributed by atoms with Gasteiger partial charge in [0.2, 0.25) is 5.91 Å². The summed E-state index contributed by atoms with van der Waals surface area (Å²) in [6.45, 7) is 4.03. The summed E-state index contributed by atoms with van der Waals surface area (Å²) in [7, 11) is -3.68. The van der Waals surface area contributed by atoms with Gasteiger partial charge in [-0.3, -0.25) is 19.3 Å². The molecule has 0 unspecified atom stereocenters. The van der Waals surface area contributed by atoms with Gasteiger partial charge in [-0.05, 0) is 30.2 Å². The van der Waals surface area contributed by atoms with Gasteiger partial charge in [0.05, 0.1) is 15.5 Å². The van der Waals surface area contributed by atoms with Crippen molar-refractivity contribution < 1.29 is 18.0 Å². The molecule has 3 N–H and O–H groups in total. The number of amides is 2. The summed E-state index contributed by atoms with van der Waals surface area (Å²) in [5.74, 6) is -0.727. The zero-order valence-corrected chi connectivity index (χ0v) is 18.6. The molecule has 31 heavy (non-hydrogen) atoms. The number of aliphatic imine (C=N–C) groups is 1. The van der Waals surface area contributed by atoms with Gasteiger partial charge in [-0.25, -0.2) is 8.42 Å². The van der Waals surface area contributed by atoms with Crippen LogP contribution in [0.5, 0.6) is 0 Å².